The van der Waals surface area contributed by atoms with Crippen LogP contribution in [0.15, 0.2) is 66.9 Å². The van der Waals surface area contributed by atoms with E-state index in [9.17, 15) is 4.79 Å². The second-order valence-electron chi connectivity index (χ2n) is 10.4. The smallest absolute Gasteiger partial charge is 0.313 e. The van der Waals surface area contributed by atoms with Gasteiger partial charge in [-0.15, -0.1) is 0 Å². The molecule has 1 aliphatic carbocycles. The summed E-state index contributed by atoms with van der Waals surface area (Å²) in [5, 5.41) is 0. The van der Waals surface area contributed by atoms with Crippen molar-refractivity contribution in [1.82, 2.24) is 4.98 Å². The summed E-state index contributed by atoms with van der Waals surface area (Å²) in [6.45, 7) is 10.9. The molecule has 0 bridgehead atoms. The molecule has 1 aromatic heterocycles. The summed E-state index contributed by atoms with van der Waals surface area (Å²) >= 11 is 0. The van der Waals surface area contributed by atoms with Gasteiger partial charge in [-0.3, -0.25) is 4.79 Å². The third-order valence-corrected chi connectivity index (χ3v) is 6.49. The van der Waals surface area contributed by atoms with Gasteiger partial charge in [-0.1, -0.05) is 77.1 Å². The fraction of sp³-hybridized carbons (Fsp3) is 0.393. The first-order valence-electron chi connectivity index (χ1n) is 11.3. The van der Waals surface area contributed by atoms with Crippen LogP contribution in [0.25, 0.3) is 0 Å². The van der Waals surface area contributed by atoms with Crippen molar-refractivity contribution in [2.45, 2.75) is 59.2 Å². The van der Waals surface area contributed by atoms with Gasteiger partial charge in [0.05, 0.1) is 5.69 Å². The number of aromatic amines is 1. The topological polar surface area (TPSA) is 51.3 Å². The molecule has 0 radical (unpaired) electrons. The average molecular weight is 432 g/mol. The number of nitrogens with one attached hydrogen (secondary N) is 1. The summed E-state index contributed by atoms with van der Waals surface area (Å²) in [6.07, 6.45) is 2.53. The van der Waals surface area contributed by atoms with E-state index in [1.165, 1.54) is 11.1 Å². The average Bonchev–Trinajstić information content (AvgIpc) is 3.06. The van der Waals surface area contributed by atoms with Gasteiger partial charge >= 0.3 is 5.97 Å². The first-order chi connectivity index (χ1) is 15.2. The molecule has 168 valence electrons. The van der Waals surface area contributed by atoms with Gasteiger partial charge in [-0.05, 0) is 46.7 Å². The van der Waals surface area contributed by atoms with Crippen LogP contribution in [0.1, 0.15) is 57.0 Å². The Kier molecular flexibility index (Phi) is 5.89. The lowest BCUT2D eigenvalue weighted by Crippen LogP contribution is -2.13. The van der Waals surface area contributed by atoms with Crippen LogP contribution in [0, 0.1) is 11.3 Å². The van der Waals surface area contributed by atoms with Crippen molar-refractivity contribution in [1.29, 1.82) is 0 Å². The Morgan fingerprint density at radius 1 is 1.00 bits per heavy atom. The van der Waals surface area contributed by atoms with Crippen molar-refractivity contribution in [2.24, 2.45) is 11.3 Å². The first kappa shape index (κ1) is 22.2. The zero-order chi connectivity index (χ0) is 22.9. The van der Waals surface area contributed by atoms with Crippen LogP contribution >= 0.6 is 0 Å². The molecule has 4 rings (SSSR count). The molecule has 1 saturated carbocycles. The molecular formula is C28H33NO3. The number of aromatic nitrogens is 1. The maximum atomic E-state index is 12.9. The van der Waals surface area contributed by atoms with Crippen molar-refractivity contribution in [3.8, 4) is 5.75 Å². The van der Waals surface area contributed by atoms with Gasteiger partial charge in [0, 0.05) is 11.6 Å². The van der Waals surface area contributed by atoms with Crippen molar-refractivity contribution in [2.75, 3.05) is 0 Å². The highest BCUT2D eigenvalue weighted by Gasteiger charge is 2.65. The van der Waals surface area contributed by atoms with E-state index in [2.05, 4.69) is 63.9 Å². The van der Waals surface area contributed by atoms with E-state index in [1.807, 2.05) is 42.6 Å². The number of rotatable bonds is 7. The van der Waals surface area contributed by atoms with Gasteiger partial charge in [0.25, 0.3) is 0 Å². The standard InChI is InChI=1S/C28H33NO3/c1-27(2,3)21-11-13-22(14-12-21)32-25-24(28(25,4)5)26(30)31-18-23-20(15-16-29-23)17-19-9-7-6-8-10-19/h6-16,24-25,29H,17-18H2,1-5H3. The van der Waals surface area contributed by atoms with Crippen LogP contribution in [-0.2, 0) is 28.0 Å². The number of hydrogen-bond acceptors (Lipinski definition) is 3. The summed E-state index contributed by atoms with van der Waals surface area (Å²) in [4.78, 5) is 16.1. The molecule has 0 amide bonds. The third-order valence-electron chi connectivity index (χ3n) is 6.49. The number of carbonyl (C=O) groups excluding carboxylic acids is 1. The Labute approximate surface area is 191 Å². The highest BCUT2D eigenvalue weighted by molar-refractivity contribution is 5.78. The summed E-state index contributed by atoms with van der Waals surface area (Å²) in [6, 6.07) is 20.5. The van der Waals surface area contributed by atoms with E-state index in [-0.39, 0.29) is 35.4 Å². The normalized spacial score (nSPS) is 19.4. The quantitative estimate of drug-likeness (QED) is 0.463. The van der Waals surface area contributed by atoms with E-state index in [1.54, 1.807) is 0 Å². The minimum absolute atomic E-state index is 0.0981. The van der Waals surface area contributed by atoms with Crippen molar-refractivity contribution in [3.05, 3.63) is 89.2 Å². The van der Waals surface area contributed by atoms with Crippen LogP contribution in [0.3, 0.4) is 0 Å². The predicted octanol–water partition coefficient (Wildman–Crippen LogP) is 6.05. The molecule has 3 aromatic rings. The van der Waals surface area contributed by atoms with Crippen LogP contribution in [0.2, 0.25) is 0 Å². The van der Waals surface area contributed by atoms with Gasteiger partial charge in [0.15, 0.2) is 0 Å². The lowest BCUT2D eigenvalue weighted by Gasteiger charge is -2.19. The largest absolute Gasteiger partial charge is 0.489 e. The Morgan fingerprint density at radius 3 is 2.34 bits per heavy atom. The van der Waals surface area contributed by atoms with Gasteiger partial charge in [0.1, 0.15) is 24.4 Å². The van der Waals surface area contributed by atoms with Crippen LogP contribution in [0.4, 0.5) is 0 Å². The Hall–Kier alpha value is -3.01. The SMILES string of the molecule is CC(C)(C)c1ccc(OC2C(C(=O)OCc3[nH]ccc3Cc3ccccc3)C2(C)C)cc1. The highest BCUT2D eigenvalue weighted by atomic mass is 16.5. The van der Waals surface area contributed by atoms with Crippen molar-refractivity contribution >= 4 is 5.97 Å². The van der Waals surface area contributed by atoms with Crippen LogP contribution < -0.4 is 4.74 Å². The summed E-state index contributed by atoms with van der Waals surface area (Å²) in [5.41, 5.74) is 4.42. The molecule has 0 saturated heterocycles. The molecule has 4 heteroatoms. The minimum atomic E-state index is -0.266. The zero-order valence-electron chi connectivity index (χ0n) is 19.6. The lowest BCUT2D eigenvalue weighted by atomic mass is 9.87. The Morgan fingerprint density at radius 2 is 1.69 bits per heavy atom. The van der Waals surface area contributed by atoms with Crippen LogP contribution in [-0.4, -0.2) is 17.1 Å². The van der Waals surface area contributed by atoms with Crippen molar-refractivity contribution in [3.63, 3.8) is 0 Å². The Bertz CT molecular complexity index is 1060. The Balaban J connectivity index is 1.35. The summed E-state index contributed by atoms with van der Waals surface area (Å²) in [7, 11) is 0. The first-order valence-corrected chi connectivity index (χ1v) is 11.3. The third kappa shape index (κ3) is 4.74. The molecular weight excluding hydrogens is 398 g/mol. The number of ether oxygens (including phenoxy) is 2. The van der Waals surface area contributed by atoms with Gasteiger partial charge in [0.2, 0.25) is 0 Å². The molecule has 1 heterocycles. The van der Waals surface area contributed by atoms with Gasteiger partial charge < -0.3 is 14.5 Å². The maximum Gasteiger partial charge on any atom is 0.313 e. The number of benzene rings is 2. The van der Waals surface area contributed by atoms with E-state index < -0.39 is 0 Å². The number of hydrogen-bond donors (Lipinski definition) is 1. The summed E-state index contributed by atoms with van der Waals surface area (Å²) < 4.78 is 11.9. The second-order valence-corrected chi connectivity index (χ2v) is 10.4. The molecule has 4 nitrogen and oxygen atoms in total. The molecule has 1 fully saturated rings. The molecule has 2 atom stereocenters. The summed E-state index contributed by atoms with van der Waals surface area (Å²) in [5.74, 6) is 0.324. The van der Waals surface area contributed by atoms with E-state index in [0.717, 1.165) is 23.4 Å². The van der Waals surface area contributed by atoms with E-state index in [4.69, 9.17) is 9.47 Å². The van der Waals surface area contributed by atoms with Crippen LogP contribution in [0.5, 0.6) is 5.75 Å². The predicted molar refractivity (Wildman–Crippen MR) is 127 cm³/mol. The fourth-order valence-corrected chi connectivity index (χ4v) is 4.20. The van der Waals surface area contributed by atoms with E-state index in [0.29, 0.717) is 0 Å². The monoisotopic (exact) mass is 431 g/mol. The number of H-pyrrole nitrogens is 1. The molecule has 0 spiro atoms. The molecule has 32 heavy (non-hydrogen) atoms. The van der Waals surface area contributed by atoms with E-state index >= 15 is 0 Å². The fourth-order valence-electron chi connectivity index (χ4n) is 4.20. The zero-order valence-corrected chi connectivity index (χ0v) is 19.6. The molecule has 1 aliphatic rings. The second kappa shape index (κ2) is 8.50. The van der Waals surface area contributed by atoms with Gasteiger partial charge in [-0.2, -0.15) is 0 Å². The maximum absolute atomic E-state index is 12.9. The number of esters is 1. The van der Waals surface area contributed by atoms with Crippen molar-refractivity contribution < 1.29 is 14.3 Å². The van der Waals surface area contributed by atoms with Gasteiger partial charge in [-0.25, -0.2) is 0 Å². The molecule has 0 aliphatic heterocycles. The molecule has 2 unspecified atom stereocenters. The lowest BCUT2D eigenvalue weighted by molar-refractivity contribution is -0.148. The highest BCUT2D eigenvalue weighted by Crippen LogP contribution is 2.54. The molecule has 1 N–H and O–H groups in total. The number of carbonyl (C=O) groups is 1. The minimum Gasteiger partial charge on any atom is -0.489 e. The molecule has 2 aromatic carbocycles.